The molecule has 19 heteroatoms. The van der Waals surface area contributed by atoms with E-state index in [4.69, 9.17) is 20.9 Å². The molecule has 10 nitrogen and oxygen atoms in total. The van der Waals surface area contributed by atoms with Crippen molar-refractivity contribution in [1.29, 1.82) is 5.26 Å². The van der Waals surface area contributed by atoms with Crippen LogP contribution in [0, 0.1) is 34.7 Å². The maximum Gasteiger partial charge on any atom is 0.420 e. The molecule has 0 radical (unpaired) electrons. The van der Waals surface area contributed by atoms with Crippen molar-refractivity contribution in [3.8, 4) is 29.0 Å². The van der Waals surface area contributed by atoms with Crippen LogP contribution >= 0.6 is 11.3 Å². The quantitative estimate of drug-likeness (QED) is 0.130. The van der Waals surface area contributed by atoms with Gasteiger partial charge < -0.3 is 25.8 Å². The molecule has 308 valence electrons. The number of allylic oxidation sites excluding steroid dienone is 1. The summed E-state index contributed by atoms with van der Waals surface area (Å²) >= 11 is 0.649. The number of hydrogen-bond donors (Lipinski definition) is 2. The molecule has 0 aliphatic carbocycles. The number of ether oxygens (including phenoxy) is 2. The molecule has 8 rings (SSSR count). The highest BCUT2D eigenvalue weighted by Crippen LogP contribution is 2.53. The van der Waals surface area contributed by atoms with Crippen LogP contribution in [0.4, 0.5) is 51.8 Å². The van der Waals surface area contributed by atoms with Gasteiger partial charge in [-0.05, 0) is 57.4 Å². The van der Waals surface area contributed by atoms with Crippen molar-refractivity contribution in [2.24, 2.45) is 5.92 Å². The minimum atomic E-state index is -5.22. The maximum absolute atomic E-state index is 16.7. The third-order valence-corrected chi connectivity index (χ3v) is 11.2. The average molecular weight is 835 g/mol. The Kier molecular flexibility index (Phi) is 11.9. The van der Waals surface area contributed by atoms with Crippen molar-refractivity contribution in [3.05, 3.63) is 71.2 Å². The molecule has 0 saturated carbocycles. The van der Waals surface area contributed by atoms with E-state index in [-0.39, 0.29) is 63.5 Å². The van der Waals surface area contributed by atoms with Crippen molar-refractivity contribution >= 4 is 49.0 Å². The van der Waals surface area contributed by atoms with Gasteiger partial charge in [0.25, 0.3) is 0 Å². The summed E-state index contributed by atoms with van der Waals surface area (Å²) in [5.74, 6) is -6.88. The largest absolute Gasteiger partial charge is 0.490 e. The van der Waals surface area contributed by atoms with Crippen molar-refractivity contribution in [2.45, 2.75) is 57.8 Å². The molecule has 0 bridgehead atoms. The smallest absolute Gasteiger partial charge is 0.420 e. The molecule has 2 unspecified atom stereocenters. The van der Waals surface area contributed by atoms with Crippen LogP contribution in [-0.4, -0.2) is 65.2 Å². The van der Waals surface area contributed by atoms with Gasteiger partial charge in [0, 0.05) is 41.6 Å². The molecule has 0 spiro atoms. The first kappa shape index (κ1) is 42.1. The zero-order valence-electron chi connectivity index (χ0n) is 31.5. The Balaban J connectivity index is 0.000000317. The van der Waals surface area contributed by atoms with Crippen LogP contribution in [0.2, 0.25) is 0 Å². The van der Waals surface area contributed by atoms with E-state index >= 15 is 4.39 Å². The zero-order valence-corrected chi connectivity index (χ0v) is 32.3. The van der Waals surface area contributed by atoms with Crippen LogP contribution < -0.4 is 25.8 Å². The average Bonchev–Trinajstić information content (AvgIpc) is 3.84. The minimum Gasteiger partial charge on any atom is -0.490 e. The Morgan fingerprint density at radius 2 is 1.84 bits per heavy atom. The summed E-state index contributed by atoms with van der Waals surface area (Å²) in [5.41, 5.74) is 8.09. The predicted molar refractivity (Wildman–Crippen MR) is 205 cm³/mol. The van der Waals surface area contributed by atoms with E-state index in [1.165, 1.54) is 18.4 Å². The third kappa shape index (κ3) is 7.99. The molecule has 5 aromatic rings. The van der Waals surface area contributed by atoms with Crippen molar-refractivity contribution in [1.82, 2.24) is 19.9 Å². The highest BCUT2D eigenvalue weighted by Gasteiger charge is 2.45. The second kappa shape index (κ2) is 16.4. The lowest BCUT2D eigenvalue weighted by Crippen LogP contribution is -2.28. The Bertz CT molecular complexity index is 2400. The van der Waals surface area contributed by atoms with Crippen molar-refractivity contribution in [2.75, 3.05) is 49.7 Å². The topological polar surface area (TPSA) is 139 Å². The summed E-state index contributed by atoms with van der Waals surface area (Å²) in [6.07, 6.45) is 0.476. The minimum absolute atomic E-state index is 0.0368. The number of fused-ring (bicyclic) bond motifs is 2. The molecule has 58 heavy (non-hydrogen) atoms. The van der Waals surface area contributed by atoms with E-state index in [1.54, 1.807) is 12.1 Å². The third-order valence-electron chi connectivity index (χ3n) is 10.1. The van der Waals surface area contributed by atoms with E-state index in [0.717, 1.165) is 44.3 Å². The number of anilines is 3. The number of hydrogen-bond acceptors (Lipinski definition) is 11. The van der Waals surface area contributed by atoms with Gasteiger partial charge in [-0.15, -0.1) is 17.9 Å². The molecular formula is C39H38F8N8O2S. The Morgan fingerprint density at radius 3 is 2.48 bits per heavy atom. The van der Waals surface area contributed by atoms with Gasteiger partial charge in [0.05, 0.1) is 35.5 Å². The summed E-state index contributed by atoms with van der Waals surface area (Å²) in [6.45, 7) is 7.34. The Morgan fingerprint density at radius 1 is 1.12 bits per heavy atom. The molecule has 2 atom stereocenters. The van der Waals surface area contributed by atoms with Gasteiger partial charge in [0.15, 0.2) is 5.82 Å². The molecule has 3 aliphatic heterocycles. The second-order valence-electron chi connectivity index (χ2n) is 14.0. The SMILES string of the molecule is C=CC.CC(F)(F)C1CC2CCCN2C1.COc1nc2c3c(c(C(F)(F)F)c(-c4ccc(F)c5sc(N)c(C#N)c45)c(F)c3n1)OCCN2Cc1cc(F)cnc1N. The fraction of sp³-hybridized carbons (Fsp3) is 0.385. The number of nitrogen functional groups attached to an aromatic ring is 2. The van der Waals surface area contributed by atoms with Crippen molar-refractivity contribution < 1.29 is 44.6 Å². The number of rotatable bonds is 5. The molecular weight excluding hydrogens is 797 g/mol. The maximum atomic E-state index is 16.7. The lowest BCUT2D eigenvalue weighted by molar-refractivity contribution is -0.138. The van der Waals surface area contributed by atoms with E-state index in [0.29, 0.717) is 30.3 Å². The number of halogens is 8. The molecule has 3 aromatic heterocycles. The number of aromatic nitrogens is 3. The molecule has 2 fully saturated rings. The summed E-state index contributed by atoms with van der Waals surface area (Å²) in [7, 11) is 1.18. The number of nitrogens with two attached hydrogens (primary N) is 2. The van der Waals surface area contributed by atoms with Gasteiger partial charge in [0.1, 0.15) is 57.8 Å². The summed E-state index contributed by atoms with van der Waals surface area (Å²) in [6, 6.07) is 4.77. The Labute approximate surface area is 331 Å². The number of thiophene rings is 1. The van der Waals surface area contributed by atoms with E-state index in [1.807, 2.05) is 6.92 Å². The van der Waals surface area contributed by atoms with Crippen LogP contribution in [0.25, 0.3) is 32.1 Å². The van der Waals surface area contributed by atoms with Crippen LogP contribution in [-0.2, 0) is 12.7 Å². The number of methoxy groups -OCH3 is 1. The fourth-order valence-electron chi connectivity index (χ4n) is 7.56. The van der Waals surface area contributed by atoms with Crippen LogP contribution in [0.1, 0.15) is 49.8 Å². The summed E-state index contributed by atoms with van der Waals surface area (Å²) in [4.78, 5) is 15.6. The first-order chi connectivity index (χ1) is 27.4. The highest BCUT2D eigenvalue weighted by atomic mass is 32.1. The zero-order chi connectivity index (χ0) is 42.3. The van der Waals surface area contributed by atoms with Crippen LogP contribution in [0.5, 0.6) is 11.8 Å². The van der Waals surface area contributed by atoms with Gasteiger partial charge in [-0.3, -0.25) is 4.90 Å². The standard InChI is InChI=1S/C27H17F6N7O2S.C9H15F2N.C3H6/c1-41-26-38-20-17-21(42-5-4-40(25(17)39-26)9-10-6-11(28)8-37-23(10)35)18(27(31,32)33)16(19(20)30)12-2-3-14(29)22-15(12)13(7-34)24(36)43-22;1-9(10,11)7-5-8-3-2-4-12(8)6-7;1-3-2/h2-3,6,8H,4-5,9,36H2,1H3,(H2,35,37);7-8H,2-6H2,1H3;3H,1H2,2H3. The lowest BCUT2D eigenvalue weighted by atomic mass is 9.91. The van der Waals surface area contributed by atoms with Crippen LogP contribution in [0.15, 0.2) is 37.1 Å². The molecule has 3 aliphatic rings. The van der Waals surface area contributed by atoms with Crippen LogP contribution in [0.3, 0.4) is 0 Å². The van der Waals surface area contributed by atoms with Gasteiger partial charge in [-0.2, -0.15) is 28.4 Å². The van der Waals surface area contributed by atoms with Crippen molar-refractivity contribution in [3.63, 3.8) is 0 Å². The molecule has 0 amide bonds. The Hall–Kier alpha value is -5.48. The second-order valence-corrected chi connectivity index (χ2v) is 15.0. The number of nitrogens with zero attached hydrogens (tertiary/aromatic N) is 6. The number of alkyl halides is 5. The fourth-order valence-corrected chi connectivity index (χ4v) is 8.51. The highest BCUT2D eigenvalue weighted by molar-refractivity contribution is 7.23. The van der Waals surface area contributed by atoms with E-state index < -0.39 is 68.9 Å². The lowest BCUT2D eigenvalue weighted by Gasteiger charge is -2.24. The number of benzene rings is 2. The van der Waals surface area contributed by atoms with Gasteiger partial charge in [0.2, 0.25) is 5.92 Å². The molecule has 4 N–H and O–H groups in total. The summed E-state index contributed by atoms with van der Waals surface area (Å²) < 4.78 is 127. The van der Waals surface area contributed by atoms with E-state index in [2.05, 4.69) is 26.4 Å². The predicted octanol–water partition coefficient (Wildman–Crippen LogP) is 9.10. The molecule has 2 aromatic carbocycles. The first-order valence-electron chi connectivity index (χ1n) is 18.0. The van der Waals surface area contributed by atoms with Gasteiger partial charge >= 0.3 is 12.2 Å². The number of pyridine rings is 1. The van der Waals surface area contributed by atoms with Gasteiger partial charge in [-0.1, -0.05) is 12.1 Å². The van der Waals surface area contributed by atoms with Gasteiger partial charge in [-0.25, -0.2) is 26.9 Å². The normalized spacial score (nSPS) is 17.7. The monoisotopic (exact) mass is 834 g/mol. The van der Waals surface area contributed by atoms with E-state index in [9.17, 15) is 36.0 Å². The number of nitriles is 1. The summed E-state index contributed by atoms with van der Waals surface area (Å²) in [5, 5.41) is 8.84. The molecule has 6 heterocycles. The molecule has 2 saturated heterocycles. The first-order valence-corrected chi connectivity index (χ1v) is 18.8.